The molecule has 2 aliphatic rings. The lowest BCUT2D eigenvalue weighted by molar-refractivity contribution is 1.75. The molecule has 0 unspecified atom stereocenters. The maximum atomic E-state index is 3.46. The van der Waals surface area contributed by atoms with Gasteiger partial charge in [0.05, 0.1) is 8.05 Å². The minimum absolute atomic E-state index is 1.20. The van der Waals surface area contributed by atoms with E-state index in [0.29, 0.717) is 0 Å². The third kappa shape index (κ3) is 2.05. The lowest BCUT2D eigenvalue weighted by atomic mass is 10.3. The van der Waals surface area contributed by atoms with Gasteiger partial charge in [-0.3, -0.25) is 0 Å². The van der Waals surface area contributed by atoms with Gasteiger partial charge in [0, 0.05) is 0 Å². The van der Waals surface area contributed by atoms with E-state index in [9.17, 15) is 0 Å². The van der Waals surface area contributed by atoms with Gasteiger partial charge in [0.15, 0.2) is 0 Å². The molecule has 0 bridgehead atoms. The molecule has 0 saturated heterocycles. The Morgan fingerprint density at radius 3 is 2.50 bits per heavy atom. The first-order valence-electron chi connectivity index (χ1n) is 3.29. The molecule has 0 N–H and O–H groups in total. The Kier molecular flexibility index (Phi) is 3.12. The molecular formula is C8H5BrS3. The predicted molar refractivity (Wildman–Crippen MR) is 65.1 cm³/mol. The summed E-state index contributed by atoms with van der Waals surface area (Å²) >= 11 is 8.74. The van der Waals surface area contributed by atoms with Crippen LogP contribution in [0, 0.1) is 0 Å². The van der Waals surface area contributed by atoms with Crippen molar-refractivity contribution in [2.24, 2.45) is 0 Å². The fourth-order valence-electron chi connectivity index (χ4n) is 0.826. The van der Waals surface area contributed by atoms with Crippen molar-refractivity contribution < 1.29 is 0 Å². The molecule has 2 rings (SSSR count). The Morgan fingerprint density at radius 2 is 1.92 bits per heavy atom. The number of rotatable bonds is 0. The van der Waals surface area contributed by atoms with Crippen molar-refractivity contribution in [2.45, 2.75) is 0 Å². The Hall–Kier alpha value is 0.490. The van der Waals surface area contributed by atoms with E-state index in [1.807, 2.05) is 0 Å². The topological polar surface area (TPSA) is 0 Å². The molecule has 0 aliphatic carbocycles. The first-order valence-corrected chi connectivity index (χ1v) is 6.72. The van der Waals surface area contributed by atoms with Crippen molar-refractivity contribution in [1.29, 1.82) is 0 Å². The van der Waals surface area contributed by atoms with Crippen molar-refractivity contribution in [3.8, 4) is 0 Å². The fraction of sp³-hybridized carbons (Fsp3) is 0. The molecule has 0 aromatic heterocycles. The van der Waals surface area contributed by atoms with Crippen LogP contribution >= 0.6 is 51.2 Å². The SMILES string of the molecule is BrC1=CSC(=C2C=CSC=C2)S1. The van der Waals surface area contributed by atoms with Gasteiger partial charge in [0.1, 0.15) is 0 Å². The second-order valence-electron chi connectivity index (χ2n) is 2.13. The van der Waals surface area contributed by atoms with E-state index < -0.39 is 0 Å². The molecule has 2 heterocycles. The maximum Gasteiger partial charge on any atom is 0.0623 e. The Bertz CT molecular complexity index is 298. The van der Waals surface area contributed by atoms with Crippen LogP contribution in [-0.4, -0.2) is 0 Å². The smallest absolute Gasteiger partial charge is 0.0623 e. The zero-order valence-electron chi connectivity index (χ0n) is 5.99. The van der Waals surface area contributed by atoms with Crippen LogP contribution in [0.15, 0.2) is 42.0 Å². The number of hydrogen-bond acceptors (Lipinski definition) is 3. The molecule has 2 aliphatic heterocycles. The molecule has 0 spiro atoms. The first-order chi connectivity index (χ1) is 5.86. The molecule has 0 atom stereocenters. The lowest BCUT2D eigenvalue weighted by Gasteiger charge is -2.02. The van der Waals surface area contributed by atoms with E-state index in [2.05, 4.69) is 44.3 Å². The molecule has 0 aromatic rings. The van der Waals surface area contributed by atoms with Gasteiger partial charge in [-0.05, 0) is 49.9 Å². The van der Waals surface area contributed by atoms with Crippen LogP contribution in [0.4, 0.5) is 0 Å². The molecule has 0 saturated carbocycles. The van der Waals surface area contributed by atoms with E-state index >= 15 is 0 Å². The van der Waals surface area contributed by atoms with E-state index in [1.165, 1.54) is 13.6 Å². The zero-order chi connectivity index (χ0) is 8.39. The highest BCUT2D eigenvalue weighted by Crippen LogP contribution is 2.48. The van der Waals surface area contributed by atoms with E-state index in [1.54, 1.807) is 35.3 Å². The molecule has 62 valence electrons. The first kappa shape index (κ1) is 9.06. The van der Waals surface area contributed by atoms with Crippen LogP contribution in [0.2, 0.25) is 0 Å². The second-order valence-corrected chi connectivity index (χ2v) is 6.51. The van der Waals surface area contributed by atoms with Crippen molar-refractivity contribution >= 4 is 51.2 Å². The molecule has 0 radical (unpaired) electrons. The van der Waals surface area contributed by atoms with Crippen molar-refractivity contribution in [3.63, 3.8) is 0 Å². The van der Waals surface area contributed by atoms with Crippen molar-refractivity contribution in [2.75, 3.05) is 0 Å². The molecule has 0 amide bonds. The highest BCUT2D eigenvalue weighted by molar-refractivity contribution is 9.14. The molecular weight excluding hydrogens is 272 g/mol. The van der Waals surface area contributed by atoms with Gasteiger partial charge in [-0.15, -0.1) is 11.8 Å². The zero-order valence-corrected chi connectivity index (χ0v) is 10.0. The summed E-state index contributed by atoms with van der Waals surface area (Å²) in [7, 11) is 0. The van der Waals surface area contributed by atoms with Crippen molar-refractivity contribution in [3.05, 3.63) is 42.0 Å². The number of hydrogen-bond donors (Lipinski definition) is 0. The minimum Gasteiger partial charge on any atom is -0.106 e. The van der Waals surface area contributed by atoms with Crippen LogP contribution in [-0.2, 0) is 0 Å². The maximum absolute atomic E-state index is 3.46. The molecule has 0 aromatic carbocycles. The summed E-state index contributed by atoms with van der Waals surface area (Å²) in [5, 5.41) is 6.34. The van der Waals surface area contributed by atoms with Crippen LogP contribution in [0.25, 0.3) is 0 Å². The van der Waals surface area contributed by atoms with E-state index in [0.717, 1.165) is 0 Å². The normalized spacial score (nSPS) is 21.9. The average molecular weight is 277 g/mol. The number of allylic oxidation sites excluding steroid dienone is 3. The standard InChI is InChI=1S/C8H5BrS3/c9-7-5-11-8(12-7)6-1-3-10-4-2-6/h1-5H. The lowest BCUT2D eigenvalue weighted by Crippen LogP contribution is -1.76. The van der Waals surface area contributed by atoms with Gasteiger partial charge in [-0.2, -0.15) is 0 Å². The predicted octanol–water partition coefficient (Wildman–Crippen LogP) is 4.65. The van der Waals surface area contributed by atoms with Gasteiger partial charge in [-0.1, -0.05) is 23.5 Å². The average Bonchev–Trinajstić information content (AvgIpc) is 2.54. The van der Waals surface area contributed by atoms with Crippen LogP contribution in [0.5, 0.6) is 0 Å². The molecule has 0 fully saturated rings. The van der Waals surface area contributed by atoms with Gasteiger partial charge in [0.25, 0.3) is 0 Å². The summed E-state index contributed by atoms with van der Waals surface area (Å²) in [5.74, 6) is 0. The highest BCUT2D eigenvalue weighted by atomic mass is 79.9. The third-order valence-corrected chi connectivity index (χ3v) is 5.17. The Morgan fingerprint density at radius 1 is 1.17 bits per heavy atom. The molecule has 4 heteroatoms. The van der Waals surface area contributed by atoms with E-state index in [4.69, 9.17) is 0 Å². The number of thioether (sulfide) groups is 3. The van der Waals surface area contributed by atoms with Gasteiger partial charge in [0.2, 0.25) is 0 Å². The summed E-state index contributed by atoms with van der Waals surface area (Å²) in [5.41, 5.74) is 1.31. The molecule has 12 heavy (non-hydrogen) atoms. The summed E-state index contributed by atoms with van der Waals surface area (Å²) in [6.07, 6.45) is 4.30. The van der Waals surface area contributed by atoms with Gasteiger partial charge < -0.3 is 0 Å². The Labute approximate surface area is 92.8 Å². The van der Waals surface area contributed by atoms with Gasteiger partial charge in [-0.25, -0.2) is 0 Å². The second kappa shape index (κ2) is 4.13. The summed E-state index contributed by atoms with van der Waals surface area (Å²) in [4.78, 5) is 0. The monoisotopic (exact) mass is 276 g/mol. The summed E-state index contributed by atoms with van der Waals surface area (Å²) in [6, 6.07) is 0. The highest BCUT2D eigenvalue weighted by Gasteiger charge is 2.12. The summed E-state index contributed by atoms with van der Waals surface area (Å²) < 4.78 is 2.56. The quantitative estimate of drug-likeness (QED) is 0.632. The minimum atomic E-state index is 1.20. The largest absolute Gasteiger partial charge is 0.106 e. The van der Waals surface area contributed by atoms with Crippen molar-refractivity contribution in [1.82, 2.24) is 0 Å². The number of halogens is 1. The third-order valence-electron chi connectivity index (χ3n) is 1.34. The summed E-state index contributed by atoms with van der Waals surface area (Å²) in [6.45, 7) is 0. The van der Waals surface area contributed by atoms with Crippen LogP contribution in [0.1, 0.15) is 0 Å². The molecule has 0 nitrogen and oxygen atoms in total. The Balaban J connectivity index is 2.22. The fourth-order valence-corrected chi connectivity index (χ4v) is 4.30. The van der Waals surface area contributed by atoms with Crippen LogP contribution in [0.3, 0.4) is 0 Å². The van der Waals surface area contributed by atoms with E-state index in [-0.39, 0.29) is 0 Å². The van der Waals surface area contributed by atoms with Gasteiger partial charge >= 0.3 is 0 Å². The van der Waals surface area contributed by atoms with Crippen LogP contribution < -0.4 is 0 Å².